The lowest BCUT2D eigenvalue weighted by Crippen LogP contribution is -2.27. The summed E-state index contributed by atoms with van der Waals surface area (Å²) in [6, 6.07) is 5.60. The molecule has 0 saturated carbocycles. The zero-order valence-electron chi connectivity index (χ0n) is 9.92. The van der Waals surface area contributed by atoms with Crippen LogP contribution in [0.15, 0.2) is 29.8 Å². The highest BCUT2D eigenvalue weighted by atomic mass is 32.1. The van der Waals surface area contributed by atoms with E-state index < -0.39 is 0 Å². The van der Waals surface area contributed by atoms with Gasteiger partial charge in [-0.1, -0.05) is 6.07 Å². The summed E-state index contributed by atoms with van der Waals surface area (Å²) in [5, 5.41) is 5.20. The topological polar surface area (TPSA) is 64.1 Å². The van der Waals surface area contributed by atoms with Gasteiger partial charge in [0.05, 0.1) is 12.3 Å². The van der Waals surface area contributed by atoms with E-state index in [4.69, 9.17) is 4.74 Å². The van der Waals surface area contributed by atoms with Crippen LogP contribution in [0.3, 0.4) is 0 Å². The van der Waals surface area contributed by atoms with Crippen LogP contribution >= 0.6 is 11.3 Å². The van der Waals surface area contributed by atoms with E-state index in [2.05, 4.69) is 15.3 Å². The number of ether oxygens (including phenoxy) is 1. The lowest BCUT2D eigenvalue weighted by Gasteiger charge is -2.00. The van der Waals surface area contributed by atoms with Crippen LogP contribution < -0.4 is 5.32 Å². The Kier molecular flexibility index (Phi) is 4.38. The zero-order valence-corrected chi connectivity index (χ0v) is 10.7. The smallest absolute Gasteiger partial charge is 0.270 e. The molecular weight excluding hydrogens is 250 g/mol. The average molecular weight is 263 g/mol. The van der Waals surface area contributed by atoms with Crippen LogP contribution in [0.2, 0.25) is 0 Å². The second kappa shape index (κ2) is 6.23. The molecule has 0 aromatic carbocycles. The Morgan fingerprint density at radius 1 is 1.50 bits per heavy atom. The fourth-order valence-corrected chi connectivity index (χ4v) is 2.12. The SMILES string of the molecule is COCCNC(=O)c1csc(-c2ccccn2)n1. The number of carbonyl (C=O) groups is 1. The van der Waals surface area contributed by atoms with Crippen molar-refractivity contribution < 1.29 is 9.53 Å². The highest BCUT2D eigenvalue weighted by Crippen LogP contribution is 2.21. The molecule has 0 aliphatic heterocycles. The number of rotatable bonds is 5. The maximum atomic E-state index is 11.7. The van der Waals surface area contributed by atoms with Crippen LogP contribution in [-0.2, 0) is 4.74 Å². The summed E-state index contributed by atoms with van der Waals surface area (Å²) in [5.74, 6) is -0.189. The quantitative estimate of drug-likeness (QED) is 0.832. The Morgan fingerprint density at radius 2 is 2.39 bits per heavy atom. The van der Waals surface area contributed by atoms with E-state index in [0.29, 0.717) is 18.8 Å². The molecule has 0 spiro atoms. The summed E-state index contributed by atoms with van der Waals surface area (Å²) >= 11 is 1.40. The van der Waals surface area contributed by atoms with Gasteiger partial charge >= 0.3 is 0 Å². The van der Waals surface area contributed by atoms with Gasteiger partial charge in [-0.3, -0.25) is 9.78 Å². The van der Waals surface area contributed by atoms with Crippen molar-refractivity contribution in [1.29, 1.82) is 0 Å². The van der Waals surface area contributed by atoms with Gasteiger partial charge in [-0.25, -0.2) is 4.98 Å². The van der Waals surface area contributed by atoms with Gasteiger partial charge in [-0.05, 0) is 12.1 Å². The molecule has 0 fully saturated rings. The largest absolute Gasteiger partial charge is 0.383 e. The lowest BCUT2D eigenvalue weighted by molar-refractivity contribution is 0.0933. The highest BCUT2D eigenvalue weighted by molar-refractivity contribution is 7.13. The Bertz CT molecular complexity index is 513. The summed E-state index contributed by atoms with van der Waals surface area (Å²) in [4.78, 5) is 20.2. The van der Waals surface area contributed by atoms with Crippen molar-refractivity contribution in [3.63, 3.8) is 0 Å². The number of nitrogens with zero attached hydrogens (tertiary/aromatic N) is 2. The molecule has 1 amide bonds. The molecule has 2 rings (SSSR count). The minimum Gasteiger partial charge on any atom is -0.383 e. The standard InChI is InChI=1S/C12H13N3O2S/c1-17-7-6-14-11(16)10-8-18-12(15-10)9-4-2-3-5-13-9/h2-5,8H,6-7H2,1H3,(H,14,16). The van der Waals surface area contributed by atoms with E-state index in [1.165, 1.54) is 11.3 Å². The first kappa shape index (κ1) is 12.7. The molecular formula is C12H13N3O2S. The Morgan fingerprint density at radius 3 is 3.11 bits per heavy atom. The van der Waals surface area contributed by atoms with Crippen molar-refractivity contribution in [2.24, 2.45) is 0 Å². The summed E-state index contributed by atoms with van der Waals surface area (Å²) in [6.07, 6.45) is 1.70. The first-order valence-electron chi connectivity index (χ1n) is 5.45. The number of thiazole rings is 1. The van der Waals surface area contributed by atoms with Crippen LogP contribution in [0.1, 0.15) is 10.5 Å². The van der Waals surface area contributed by atoms with Crippen LogP contribution in [0.5, 0.6) is 0 Å². The van der Waals surface area contributed by atoms with Gasteiger partial charge in [-0.15, -0.1) is 11.3 Å². The van der Waals surface area contributed by atoms with E-state index in [-0.39, 0.29) is 5.91 Å². The lowest BCUT2D eigenvalue weighted by atomic mass is 10.3. The third-order valence-electron chi connectivity index (χ3n) is 2.21. The van der Waals surface area contributed by atoms with Crippen molar-refractivity contribution in [3.05, 3.63) is 35.5 Å². The van der Waals surface area contributed by atoms with E-state index in [0.717, 1.165) is 10.7 Å². The van der Waals surface area contributed by atoms with Crippen molar-refractivity contribution in [1.82, 2.24) is 15.3 Å². The van der Waals surface area contributed by atoms with Gasteiger partial charge in [0.25, 0.3) is 5.91 Å². The molecule has 0 unspecified atom stereocenters. The van der Waals surface area contributed by atoms with Gasteiger partial charge in [0.1, 0.15) is 10.7 Å². The highest BCUT2D eigenvalue weighted by Gasteiger charge is 2.11. The number of nitrogens with one attached hydrogen (secondary N) is 1. The number of methoxy groups -OCH3 is 1. The van der Waals surface area contributed by atoms with Gasteiger partial charge in [0, 0.05) is 25.2 Å². The predicted octanol–water partition coefficient (Wildman–Crippen LogP) is 1.58. The second-order valence-electron chi connectivity index (χ2n) is 3.50. The molecule has 0 bridgehead atoms. The first-order valence-corrected chi connectivity index (χ1v) is 6.33. The maximum Gasteiger partial charge on any atom is 0.270 e. The molecule has 0 saturated heterocycles. The first-order chi connectivity index (χ1) is 8.81. The van der Waals surface area contributed by atoms with E-state index in [1.807, 2.05) is 18.2 Å². The summed E-state index contributed by atoms with van der Waals surface area (Å²) in [7, 11) is 1.59. The molecule has 2 aromatic rings. The van der Waals surface area contributed by atoms with E-state index in [9.17, 15) is 4.79 Å². The Hall–Kier alpha value is -1.79. The van der Waals surface area contributed by atoms with Crippen molar-refractivity contribution >= 4 is 17.2 Å². The van der Waals surface area contributed by atoms with Gasteiger partial charge in [0.2, 0.25) is 0 Å². The zero-order chi connectivity index (χ0) is 12.8. The molecule has 2 heterocycles. The Balaban J connectivity index is 2.04. The third kappa shape index (κ3) is 3.12. The van der Waals surface area contributed by atoms with Crippen LogP contribution in [0.25, 0.3) is 10.7 Å². The molecule has 0 aliphatic rings. The maximum absolute atomic E-state index is 11.7. The average Bonchev–Trinajstić information content (AvgIpc) is 2.89. The summed E-state index contributed by atoms with van der Waals surface area (Å²) in [5.41, 5.74) is 1.19. The molecule has 18 heavy (non-hydrogen) atoms. The van der Waals surface area contributed by atoms with Crippen LogP contribution in [-0.4, -0.2) is 36.1 Å². The van der Waals surface area contributed by atoms with Crippen LogP contribution in [0.4, 0.5) is 0 Å². The van der Waals surface area contributed by atoms with E-state index in [1.54, 1.807) is 18.7 Å². The number of hydrogen-bond donors (Lipinski definition) is 1. The van der Waals surface area contributed by atoms with Gasteiger partial charge in [-0.2, -0.15) is 0 Å². The molecule has 5 nitrogen and oxygen atoms in total. The van der Waals surface area contributed by atoms with Gasteiger partial charge in [0.15, 0.2) is 0 Å². The van der Waals surface area contributed by atoms with Crippen molar-refractivity contribution in [2.45, 2.75) is 0 Å². The number of carbonyl (C=O) groups excluding carboxylic acids is 1. The van der Waals surface area contributed by atoms with E-state index >= 15 is 0 Å². The third-order valence-corrected chi connectivity index (χ3v) is 3.08. The number of aromatic nitrogens is 2. The summed E-state index contributed by atoms with van der Waals surface area (Å²) in [6.45, 7) is 0.967. The second-order valence-corrected chi connectivity index (χ2v) is 4.36. The molecule has 2 aromatic heterocycles. The monoisotopic (exact) mass is 263 g/mol. The fourth-order valence-electron chi connectivity index (χ4n) is 1.34. The number of amides is 1. The number of hydrogen-bond acceptors (Lipinski definition) is 5. The normalized spacial score (nSPS) is 10.3. The van der Waals surface area contributed by atoms with Crippen molar-refractivity contribution in [3.8, 4) is 10.7 Å². The van der Waals surface area contributed by atoms with Gasteiger partial charge < -0.3 is 10.1 Å². The predicted molar refractivity (Wildman–Crippen MR) is 69.6 cm³/mol. The Labute approximate surface area is 109 Å². The molecule has 0 atom stereocenters. The molecule has 6 heteroatoms. The molecule has 0 radical (unpaired) electrons. The molecule has 94 valence electrons. The summed E-state index contributed by atoms with van der Waals surface area (Å²) < 4.78 is 4.86. The fraction of sp³-hybridized carbons (Fsp3) is 0.250. The minimum absolute atomic E-state index is 0.189. The van der Waals surface area contributed by atoms with Crippen LogP contribution in [0, 0.1) is 0 Å². The number of pyridine rings is 1. The van der Waals surface area contributed by atoms with Crippen molar-refractivity contribution in [2.75, 3.05) is 20.3 Å². The molecule has 0 aliphatic carbocycles. The molecule has 1 N–H and O–H groups in total. The minimum atomic E-state index is -0.189.